The van der Waals surface area contributed by atoms with Crippen molar-refractivity contribution in [3.8, 4) is 5.69 Å². The Bertz CT molecular complexity index is 1420. The number of hydrogen-bond acceptors (Lipinski definition) is 6. The number of piperidine rings is 1. The SMILES string of the molecule is Cc1ccc(C(=O)NC2CC2)cc1-n1ccnc(N[C@H](c2ccccc2)C2CCNCC2)c1=O.O=C(O)C(F)(F)F. The number of rotatable bonds is 7. The van der Waals surface area contributed by atoms with E-state index in [1.54, 1.807) is 23.0 Å². The van der Waals surface area contributed by atoms with Gasteiger partial charge in [-0.3, -0.25) is 14.2 Å². The van der Waals surface area contributed by atoms with Gasteiger partial charge in [-0.1, -0.05) is 36.4 Å². The van der Waals surface area contributed by atoms with Crippen LogP contribution in [0.3, 0.4) is 0 Å². The Hall–Kier alpha value is -4.19. The van der Waals surface area contributed by atoms with Crippen LogP contribution in [0.15, 0.2) is 65.7 Å². The van der Waals surface area contributed by atoms with Crippen LogP contribution >= 0.6 is 0 Å². The third kappa shape index (κ3) is 7.94. The van der Waals surface area contributed by atoms with Gasteiger partial charge in [-0.25, -0.2) is 9.78 Å². The molecule has 5 rings (SSSR count). The maximum Gasteiger partial charge on any atom is 0.490 e. The second kappa shape index (κ2) is 13.0. The van der Waals surface area contributed by atoms with E-state index in [0.29, 0.717) is 23.0 Å². The molecule has 1 aliphatic carbocycles. The lowest BCUT2D eigenvalue weighted by atomic mass is 9.86. The summed E-state index contributed by atoms with van der Waals surface area (Å²) in [7, 11) is 0. The van der Waals surface area contributed by atoms with E-state index in [-0.39, 0.29) is 23.6 Å². The molecule has 41 heavy (non-hydrogen) atoms. The van der Waals surface area contributed by atoms with Crippen LogP contribution in [-0.4, -0.2) is 51.8 Å². The number of carboxylic acids is 1. The van der Waals surface area contributed by atoms with Gasteiger partial charge in [0.2, 0.25) is 0 Å². The number of nitrogens with zero attached hydrogens (tertiary/aromatic N) is 2. The van der Waals surface area contributed by atoms with Crippen LogP contribution in [0, 0.1) is 12.8 Å². The highest BCUT2D eigenvalue weighted by atomic mass is 19.4. The van der Waals surface area contributed by atoms with E-state index >= 15 is 0 Å². The molecule has 4 N–H and O–H groups in total. The fraction of sp³-hybridized carbons (Fsp3) is 0.379. The molecule has 12 heteroatoms. The number of aliphatic carboxylic acids is 1. The summed E-state index contributed by atoms with van der Waals surface area (Å²) in [6, 6.07) is 16.0. The molecule has 0 unspecified atom stereocenters. The second-order valence-electron chi connectivity index (χ2n) is 10.1. The number of carbonyl (C=O) groups excluding carboxylic acids is 1. The van der Waals surface area contributed by atoms with Crippen molar-refractivity contribution in [2.24, 2.45) is 5.92 Å². The summed E-state index contributed by atoms with van der Waals surface area (Å²) in [6.45, 7) is 3.88. The van der Waals surface area contributed by atoms with Crippen molar-refractivity contribution in [2.45, 2.75) is 50.9 Å². The van der Waals surface area contributed by atoms with Crippen LogP contribution < -0.4 is 21.5 Å². The minimum Gasteiger partial charge on any atom is -0.475 e. The van der Waals surface area contributed by atoms with Gasteiger partial charge in [0.1, 0.15) is 0 Å². The summed E-state index contributed by atoms with van der Waals surface area (Å²) in [6.07, 6.45) is 2.35. The minimum atomic E-state index is -5.08. The van der Waals surface area contributed by atoms with E-state index in [0.717, 1.165) is 49.9 Å². The van der Waals surface area contributed by atoms with E-state index in [1.165, 1.54) is 0 Å². The van der Waals surface area contributed by atoms with Crippen LogP contribution in [0.4, 0.5) is 19.0 Å². The summed E-state index contributed by atoms with van der Waals surface area (Å²) < 4.78 is 33.3. The molecule has 0 spiro atoms. The Morgan fingerprint density at radius 2 is 1.73 bits per heavy atom. The molecule has 9 nitrogen and oxygen atoms in total. The van der Waals surface area contributed by atoms with Crippen molar-refractivity contribution in [1.29, 1.82) is 0 Å². The van der Waals surface area contributed by atoms with E-state index in [1.807, 2.05) is 37.3 Å². The number of amides is 1. The number of carbonyl (C=O) groups is 2. The molecule has 2 heterocycles. The Morgan fingerprint density at radius 3 is 2.34 bits per heavy atom. The lowest BCUT2D eigenvalue weighted by Crippen LogP contribution is -2.35. The molecule has 2 aliphatic rings. The quantitative estimate of drug-likeness (QED) is 0.335. The van der Waals surface area contributed by atoms with E-state index < -0.39 is 12.1 Å². The highest BCUT2D eigenvalue weighted by Crippen LogP contribution is 2.31. The molecule has 0 radical (unpaired) electrons. The lowest BCUT2D eigenvalue weighted by Gasteiger charge is -2.32. The van der Waals surface area contributed by atoms with Gasteiger partial charge in [0.15, 0.2) is 5.82 Å². The first-order valence-corrected chi connectivity index (χ1v) is 13.4. The molecule has 2 aromatic carbocycles. The summed E-state index contributed by atoms with van der Waals surface area (Å²) in [5.74, 6) is -2.14. The zero-order chi connectivity index (χ0) is 29.6. The standard InChI is InChI=1S/C27H31N5O2.C2HF3O2/c1-18-7-8-21(26(33)30-22-9-10-22)17-23(18)32-16-15-29-25(27(32)34)31-24(19-5-3-2-4-6-19)20-11-13-28-14-12-20;3-2(4,5)1(6)7/h2-8,15-17,20,22,24,28H,9-14H2,1H3,(H,29,31)(H,30,33);(H,6,7)/t24-;/m1./s1. The summed E-state index contributed by atoms with van der Waals surface area (Å²) in [4.78, 5) is 39.5. The summed E-state index contributed by atoms with van der Waals surface area (Å²) in [5, 5.41) is 17.0. The van der Waals surface area contributed by atoms with E-state index in [2.05, 4.69) is 33.1 Å². The lowest BCUT2D eigenvalue weighted by molar-refractivity contribution is -0.192. The van der Waals surface area contributed by atoms with Gasteiger partial charge in [0.25, 0.3) is 11.5 Å². The molecule has 1 atom stereocenters. The maximum atomic E-state index is 13.6. The monoisotopic (exact) mass is 571 g/mol. The predicted molar refractivity (Wildman–Crippen MR) is 147 cm³/mol. The van der Waals surface area contributed by atoms with Crippen molar-refractivity contribution in [2.75, 3.05) is 18.4 Å². The smallest absolute Gasteiger partial charge is 0.475 e. The van der Waals surface area contributed by atoms with Crippen LogP contribution in [-0.2, 0) is 4.79 Å². The number of hydrogen-bond donors (Lipinski definition) is 4. The molecule has 3 aromatic rings. The first-order chi connectivity index (χ1) is 19.5. The van der Waals surface area contributed by atoms with Gasteiger partial charge in [0, 0.05) is 24.0 Å². The van der Waals surface area contributed by atoms with Crippen LogP contribution in [0.2, 0.25) is 0 Å². The third-order valence-electron chi connectivity index (χ3n) is 7.03. The van der Waals surface area contributed by atoms with Gasteiger partial charge in [0.05, 0.1) is 11.7 Å². The molecule has 1 saturated carbocycles. The Labute approximate surface area is 234 Å². The molecule has 0 bridgehead atoms. The fourth-order valence-corrected chi connectivity index (χ4v) is 4.67. The molecule has 2 fully saturated rings. The number of alkyl halides is 3. The third-order valence-corrected chi connectivity index (χ3v) is 7.03. The second-order valence-corrected chi connectivity index (χ2v) is 10.1. The predicted octanol–water partition coefficient (Wildman–Crippen LogP) is 4.22. The number of benzene rings is 2. The zero-order valence-corrected chi connectivity index (χ0v) is 22.4. The Kier molecular flexibility index (Phi) is 9.43. The van der Waals surface area contributed by atoms with Crippen LogP contribution in [0.5, 0.6) is 0 Å². The van der Waals surface area contributed by atoms with Crippen molar-refractivity contribution >= 4 is 17.7 Å². The van der Waals surface area contributed by atoms with Gasteiger partial charge < -0.3 is 21.1 Å². The number of carboxylic acid groups (broad SMARTS) is 1. The molecular formula is C29H32F3N5O4. The highest BCUT2D eigenvalue weighted by molar-refractivity contribution is 5.95. The minimum absolute atomic E-state index is 0.00361. The molecule has 1 amide bonds. The molecule has 1 aliphatic heterocycles. The van der Waals surface area contributed by atoms with Gasteiger partial charge in [-0.05, 0) is 74.9 Å². The number of nitrogens with one attached hydrogen (secondary N) is 3. The van der Waals surface area contributed by atoms with E-state index in [4.69, 9.17) is 9.90 Å². The summed E-state index contributed by atoms with van der Waals surface area (Å²) in [5.41, 5.74) is 3.10. The fourth-order valence-electron chi connectivity index (χ4n) is 4.67. The van der Waals surface area contributed by atoms with E-state index in [9.17, 15) is 22.8 Å². The number of halogens is 3. The number of anilines is 1. The van der Waals surface area contributed by atoms with Crippen molar-refractivity contribution in [1.82, 2.24) is 20.2 Å². The van der Waals surface area contributed by atoms with Crippen LogP contribution in [0.25, 0.3) is 5.69 Å². The first-order valence-electron chi connectivity index (χ1n) is 13.4. The van der Waals surface area contributed by atoms with Gasteiger partial charge >= 0.3 is 12.1 Å². The molecule has 1 saturated heterocycles. The summed E-state index contributed by atoms with van der Waals surface area (Å²) >= 11 is 0. The Morgan fingerprint density at radius 1 is 1.07 bits per heavy atom. The first kappa shape index (κ1) is 29.8. The largest absolute Gasteiger partial charge is 0.490 e. The van der Waals surface area contributed by atoms with Gasteiger partial charge in [-0.15, -0.1) is 0 Å². The molecule has 1 aromatic heterocycles. The average Bonchev–Trinajstić information content (AvgIpc) is 3.78. The van der Waals surface area contributed by atoms with Crippen molar-refractivity contribution in [3.63, 3.8) is 0 Å². The average molecular weight is 572 g/mol. The highest BCUT2D eigenvalue weighted by Gasteiger charge is 2.38. The normalized spacial score (nSPS) is 16.2. The zero-order valence-electron chi connectivity index (χ0n) is 22.4. The Balaban J connectivity index is 0.000000493. The maximum absolute atomic E-state index is 13.6. The molecule has 218 valence electrons. The number of aromatic nitrogens is 2. The van der Waals surface area contributed by atoms with Crippen molar-refractivity contribution in [3.05, 3.63) is 88.0 Å². The van der Waals surface area contributed by atoms with Crippen molar-refractivity contribution < 1.29 is 27.9 Å². The topological polar surface area (TPSA) is 125 Å². The van der Waals surface area contributed by atoms with Crippen LogP contribution in [0.1, 0.15) is 53.2 Å². The van der Waals surface area contributed by atoms with Gasteiger partial charge in [-0.2, -0.15) is 13.2 Å². The molecular weight excluding hydrogens is 539 g/mol. The number of aryl methyl sites for hydroxylation is 1.